The first kappa shape index (κ1) is 16.7. The van der Waals surface area contributed by atoms with E-state index >= 15 is 0 Å². The van der Waals surface area contributed by atoms with E-state index in [0.29, 0.717) is 25.5 Å². The summed E-state index contributed by atoms with van der Waals surface area (Å²) in [6, 6.07) is 10.4. The van der Waals surface area contributed by atoms with Gasteiger partial charge in [-0.3, -0.25) is 10.00 Å². The van der Waals surface area contributed by atoms with Crippen molar-refractivity contribution in [2.75, 3.05) is 26.3 Å². The number of nitrogens with one attached hydrogen (secondary N) is 1. The molecule has 0 spiro atoms. The van der Waals surface area contributed by atoms with Gasteiger partial charge in [0.2, 0.25) is 0 Å². The number of hydrogen-bond donors (Lipinski definition) is 1. The van der Waals surface area contributed by atoms with Crippen LogP contribution in [0.1, 0.15) is 28.5 Å². The molecule has 2 heterocycles. The van der Waals surface area contributed by atoms with Crippen molar-refractivity contribution in [3.63, 3.8) is 0 Å². The Morgan fingerprint density at radius 2 is 2.25 bits per heavy atom. The standard InChI is InChI=1S/C18H23N3O3/c1-2-23-18(22)17-15(11-19-20-17)12-21-8-9-24-16(13-21)10-14-6-4-3-5-7-14/h3-7,11,16H,2,8-10,12-13H2,1H3,(H,19,20). The largest absolute Gasteiger partial charge is 0.461 e. The van der Waals surface area contributed by atoms with Crippen LogP contribution in [0.2, 0.25) is 0 Å². The van der Waals surface area contributed by atoms with E-state index < -0.39 is 0 Å². The van der Waals surface area contributed by atoms with Gasteiger partial charge in [0.15, 0.2) is 0 Å². The summed E-state index contributed by atoms with van der Waals surface area (Å²) in [4.78, 5) is 14.2. The van der Waals surface area contributed by atoms with Gasteiger partial charge in [0.1, 0.15) is 5.69 Å². The third-order valence-corrected chi connectivity index (χ3v) is 4.12. The molecule has 24 heavy (non-hydrogen) atoms. The number of esters is 1. The van der Waals surface area contributed by atoms with Crippen LogP contribution < -0.4 is 0 Å². The van der Waals surface area contributed by atoms with Crippen molar-refractivity contribution in [2.45, 2.75) is 26.0 Å². The van der Waals surface area contributed by atoms with Gasteiger partial charge in [0.25, 0.3) is 0 Å². The summed E-state index contributed by atoms with van der Waals surface area (Å²) in [6.45, 7) is 5.20. The molecule has 0 radical (unpaired) electrons. The van der Waals surface area contributed by atoms with Gasteiger partial charge in [0.05, 0.1) is 25.5 Å². The third-order valence-electron chi connectivity index (χ3n) is 4.12. The first-order valence-electron chi connectivity index (χ1n) is 8.33. The number of ether oxygens (including phenoxy) is 2. The summed E-state index contributed by atoms with van der Waals surface area (Å²) in [7, 11) is 0. The molecule has 1 unspecified atom stereocenters. The van der Waals surface area contributed by atoms with Crippen LogP contribution in [-0.4, -0.2) is 53.5 Å². The van der Waals surface area contributed by atoms with Crippen LogP contribution in [0, 0.1) is 0 Å². The first-order valence-corrected chi connectivity index (χ1v) is 8.33. The SMILES string of the molecule is CCOC(=O)c1[nH]ncc1CN1CCOC(Cc2ccccc2)C1. The number of rotatable bonds is 6. The lowest BCUT2D eigenvalue weighted by molar-refractivity contribution is -0.0305. The molecule has 128 valence electrons. The number of carbonyl (C=O) groups excluding carboxylic acids is 1. The summed E-state index contributed by atoms with van der Waals surface area (Å²) in [5.41, 5.74) is 2.59. The fraction of sp³-hybridized carbons (Fsp3) is 0.444. The first-order chi connectivity index (χ1) is 11.8. The number of nitrogens with zero attached hydrogens (tertiary/aromatic N) is 2. The van der Waals surface area contributed by atoms with E-state index in [4.69, 9.17) is 9.47 Å². The molecule has 6 nitrogen and oxygen atoms in total. The molecular weight excluding hydrogens is 306 g/mol. The number of hydrogen-bond acceptors (Lipinski definition) is 5. The number of H-pyrrole nitrogens is 1. The van der Waals surface area contributed by atoms with Gasteiger partial charge in [-0.25, -0.2) is 4.79 Å². The maximum absolute atomic E-state index is 11.9. The predicted octanol–water partition coefficient (Wildman–Crippen LogP) is 2.03. The van der Waals surface area contributed by atoms with Crippen LogP contribution in [0.5, 0.6) is 0 Å². The lowest BCUT2D eigenvalue weighted by Crippen LogP contribution is -2.43. The van der Waals surface area contributed by atoms with Crippen LogP contribution in [0.4, 0.5) is 0 Å². The average molecular weight is 329 g/mol. The second-order valence-corrected chi connectivity index (χ2v) is 5.91. The molecule has 3 rings (SSSR count). The Bertz CT molecular complexity index is 657. The van der Waals surface area contributed by atoms with Crippen molar-refractivity contribution < 1.29 is 14.3 Å². The van der Waals surface area contributed by atoms with E-state index in [-0.39, 0.29) is 12.1 Å². The minimum atomic E-state index is -0.348. The molecule has 1 aromatic heterocycles. The molecule has 2 aromatic rings. The molecule has 6 heteroatoms. The van der Waals surface area contributed by atoms with Crippen molar-refractivity contribution in [1.82, 2.24) is 15.1 Å². The molecule has 1 aliphatic heterocycles. The van der Waals surface area contributed by atoms with Gasteiger partial charge in [0, 0.05) is 25.2 Å². The Kier molecular flexibility index (Phi) is 5.61. The molecule has 1 atom stereocenters. The lowest BCUT2D eigenvalue weighted by Gasteiger charge is -2.32. The van der Waals surface area contributed by atoms with Crippen LogP contribution in [0.15, 0.2) is 36.5 Å². The van der Waals surface area contributed by atoms with Gasteiger partial charge < -0.3 is 9.47 Å². The second kappa shape index (κ2) is 8.08. The highest BCUT2D eigenvalue weighted by Gasteiger charge is 2.23. The number of aromatic nitrogens is 2. The van der Waals surface area contributed by atoms with Gasteiger partial charge >= 0.3 is 5.97 Å². The molecule has 0 bridgehead atoms. The maximum Gasteiger partial charge on any atom is 0.356 e. The van der Waals surface area contributed by atoms with Crippen molar-refractivity contribution in [3.05, 3.63) is 53.3 Å². The van der Waals surface area contributed by atoms with E-state index in [0.717, 1.165) is 25.1 Å². The monoisotopic (exact) mass is 329 g/mol. The smallest absolute Gasteiger partial charge is 0.356 e. The minimum Gasteiger partial charge on any atom is -0.461 e. The minimum absolute atomic E-state index is 0.166. The number of morpholine rings is 1. The summed E-state index contributed by atoms with van der Waals surface area (Å²) >= 11 is 0. The fourth-order valence-corrected chi connectivity index (χ4v) is 2.98. The summed E-state index contributed by atoms with van der Waals surface area (Å²) in [6.07, 6.45) is 2.76. The van der Waals surface area contributed by atoms with Crippen molar-refractivity contribution in [2.24, 2.45) is 0 Å². The molecule has 0 saturated carbocycles. The quantitative estimate of drug-likeness (QED) is 0.822. The van der Waals surface area contributed by atoms with Gasteiger partial charge in [-0.05, 0) is 18.9 Å². The molecule has 0 aliphatic carbocycles. The normalized spacial score (nSPS) is 18.5. The summed E-state index contributed by atoms with van der Waals surface area (Å²) in [5, 5.41) is 6.74. The predicted molar refractivity (Wildman–Crippen MR) is 89.7 cm³/mol. The van der Waals surface area contributed by atoms with Crippen LogP contribution in [0.3, 0.4) is 0 Å². The molecule has 1 aromatic carbocycles. The Hall–Kier alpha value is -2.18. The Morgan fingerprint density at radius 3 is 3.04 bits per heavy atom. The zero-order valence-electron chi connectivity index (χ0n) is 13.9. The Morgan fingerprint density at radius 1 is 1.42 bits per heavy atom. The highest BCUT2D eigenvalue weighted by molar-refractivity contribution is 5.88. The highest BCUT2D eigenvalue weighted by Crippen LogP contribution is 2.16. The average Bonchev–Trinajstić information content (AvgIpc) is 3.04. The van der Waals surface area contributed by atoms with Crippen molar-refractivity contribution in [1.29, 1.82) is 0 Å². The summed E-state index contributed by atoms with van der Waals surface area (Å²) in [5.74, 6) is -0.348. The maximum atomic E-state index is 11.9. The van der Waals surface area contributed by atoms with Crippen LogP contribution in [0.25, 0.3) is 0 Å². The van der Waals surface area contributed by atoms with Crippen molar-refractivity contribution >= 4 is 5.97 Å². The van der Waals surface area contributed by atoms with Crippen LogP contribution >= 0.6 is 0 Å². The number of benzene rings is 1. The third kappa shape index (κ3) is 4.21. The Labute approximate surface area is 141 Å². The van der Waals surface area contributed by atoms with E-state index in [1.54, 1.807) is 13.1 Å². The molecule has 1 saturated heterocycles. The number of carbonyl (C=O) groups is 1. The summed E-state index contributed by atoms with van der Waals surface area (Å²) < 4.78 is 11.0. The molecular formula is C18H23N3O3. The van der Waals surface area contributed by atoms with Gasteiger partial charge in [-0.15, -0.1) is 0 Å². The van der Waals surface area contributed by atoms with E-state index in [9.17, 15) is 4.79 Å². The van der Waals surface area contributed by atoms with Crippen LogP contribution in [-0.2, 0) is 22.4 Å². The van der Waals surface area contributed by atoms with E-state index in [1.165, 1.54) is 5.56 Å². The molecule has 1 aliphatic rings. The molecule has 1 N–H and O–H groups in total. The van der Waals surface area contributed by atoms with E-state index in [2.05, 4.69) is 27.2 Å². The molecule has 1 fully saturated rings. The van der Waals surface area contributed by atoms with Gasteiger partial charge in [-0.2, -0.15) is 5.10 Å². The second-order valence-electron chi connectivity index (χ2n) is 5.91. The lowest BCUT2D eigenvalue weighted by atomic mass is 10.1. The highest BCUT2D eigenvalue weighted by atomic mass is 16.5. The Balaban J connectivity index is 1.60. The zero-order valence-corrected chi connectivity index (χ0v) is 13.9. The molecule has 0 amide bonds. The van der Waals surface area contributed by atoms with E-state index in [1.807, 2.05) is 18.2 Å². The number of aromatic amines is 1. The topological polar surface area (TPSA) is 67.5 Å². The fourth-order valence-electron chi connectivity index (χ4n) is 2.98. The van der Waals surface area contributed by atoms with Gasteiger partial charge in [-0.1, -0.05) is 30.3 Å². The van der Waals surface area contributed by atoms with Crippen molar-refractivity contribution in [3.8, 4) is 0 Å². The zero-order chi connectivity index (χ0) is 16.8.